The average molecular weight is 248 g/mol. The molecule has 0 aliphatic heterocycles. The van der Waals surface area contributed by atoms with Crippen LogP contribution in [-0.2, 0) is 14.3 Å². The van der Waals surface area contributed by atoms with E-state index in [4.69, 9.17) is 4.74 Å². The van der Waals surface area contributed by atoms with Gasteiger partial charge in [0, 0.05) is 17.8 Å². The van der Waals surface area contributed by atoms with Crippen molar-refractivity contribution in [2.24, 2.45) is 16.7 Å². The van der Waals surface area contributed by atoms with Crippen LogP contribution in [0.1, 0.15) is 44.9 Å². The predicted octanol–water partition coefficient (Wildman–Crippen LogP) is 2.65. The summed E-state index contributed by atoms with van der Waals surface area (Å²) in [5.74, 6) is 0.144. The second-order valence-corrected chi connectivity index (χ2v) is 6.17. The molecular weight excluding hydrogens is 228 g/mol. The van der Waals surface area contributed by atoms with E-state index in [0.29, 0.717) is 18.6 Å². The first kappa shape index (κ1) is 11.9. The Morgan fingerprint density at radius 2 is 2.06 bits per heavy atom. The summed E-state index contributed by atoms with van der Waals surface area (Å²) in [5.41, 5.74) is 0.486. The third kappa shape index (κ3) is 1.15. The van der Waals surface area contributed by atoms with Gasteiger partial charge in [0.25, 0.3) is 0 Å². The molecule has 3 aliphatic carbocycles. The van der Waals surface area contributed by atoms with Crippen molar-refractivity contribution in [3.63, 3.8) is 0 Å². The summed E-state index contributed by atoms with van der Waals surface area (Å²) in [6, 6.07) is 0. The molecule has 3 heteroatoms. The summed E-state index contributed by atoms with van der Waals surface area (Å²) >= 11 is 0. The van der Waals surface area contributed by atoms with Gasteiger partial charge < -0.3 is 4.74 Å². The molecule has 0 radical (unpaired) electrons. The van der Waals surface area contributed by atoms with Gasteiger partial charge >= 0.3 is 5.97 Å². The molecular formula is C15H20O3. The van der Waals surface area contributed by atoms with Crippen molar-refractivity contribution < 1.29 is 14.3 Å². The van der Waals surface area contributed by atoms with Gasteiger partial charge in [0.05, 0.1) is 12.5 Å². The summed E-state index contributed by atoms with van der Waals surface area (Å²) in [6.45, 7) is 4.02. The molecule has 0 saturated heterocycles. The quantitative estimate of drug-likeness (QED) is 0.529. The first-order valence-electron chi connectivity index (χ1n) is 6.86. The highest BCUT2D eigenvalue weighted by Gasteiger charge is 2.69. The van der Waals surface area contributed by atoms with Crippen LogP contribution in [0, 0.1) is 16.7 Å². The summed E-state index contributed by atoms with van der Waals surface area (Å²) in [5, 5.41) is 0. The number of Topliss-reactive ketones (excluding diaryl/α,β-unsaturated/α-hetero) is 1. The molecule has 0 unspecified atom stereocenters. The van der Waals surface area contributed by atoms with E-state index in [9.17, 15) is 9.59 Å². The number of hydrogen-bond donors (Lipinski definition) is 0. The molecule has 0 N–H and O–H groups in total. The van der Waals surface area contributed by atoms with Crippen molar-refractivity contribution in [3.05, 3.63) is 12.2 Å². The molecule has 18 heavy (non-hydrogen) atoms. The van der Waals surface area contributed by atoms with E-state index >= 15 is 0 Å². The fourth-order valence-corrected chi connectivity index (χ4v) is 4.90. The minimum Gasteiger partial charge on any atom is -0.469 e. The van der Waals surface area contributed by atoms with Crippen LogP contribution in [0.4, 0.5) is 0 Å². The van der Waals surface area contributed by atoms with Crippen LogP contribution in [0.5, 0.6) is 0 Å². The third-order valence-electron chi connectivity index (χ3n) is 5.63. The normalized spacial score (nSPS) is 42.6. The first-order chi connectivity index (χ1) is 8.57. The van der Waals surface area contributed by atoms with E-state index in [0.717, 1.165) is 37.7 Å². The second-order valence-electron chi connectivity index (χ2n) is 6.17. The molecule has 0 bridgehead atoms. The van der Waals surface area contributed by atoms with E-state index in [-0.39, 0.29) is 17.3 Å². The molecule has 3 rings (SSSR count). The number of esters is 1. The Bertz CT molecular complexity index is 439. The lowest BCUT2D eigenvalue weighted by Gasteiger charge is -2.64. The van der Waals surface area contributed by atoms with Crippen molar-refractivity contribution in [2.45, 2.75) is 44.9 Å². The van der Waals surface area contributed by atoms with Gasteiger partial charge in [-0.25, -0.2) is 0 Å². The summed E-state index contributed by atoms with van der Waals surface area (Å²) in [7, 11) is 1.47. The predicted molar refractivity (Wildman–Crippen MR) is 66.8 cm³/mol. The lowest BCUT2D eigenvalue weighted by atomic mass is 9.37. The molecule has 1 spiro atoms. The van der Waals surface area contributed by atoms with Crippen LogP contribution in [0.15, 0.2) is 12.2 Å². The van der Waals surface area contributed by atoms with Crippen LogP contribution in [0.25, 0.3) is 0 Å². The third-order valence-corrected chi connectivity index (χ3v) is 5.63. The Kier molecular flexibility index (Phi) is 2.45. The number of rotatable bonds is 1. The highest BCUT2D eigenvalue weighted by Crippen LogP contribution is 2.70. The van der Waals surface area contributed by atoms with E-state index in [1.165, 1.54) is 7.11 Å². The van der Waals surface area contributed by atoms with E-state index in [1.807, 2.05) is 0 Å². The van der Waals surface area contributed by atoms with Crippen LogP contribution in [0.2, 0.25) is 0 Å². The van der Waals surface area contributed by atoms with E-state index in [1.54, 1.807) is 0 Å². The molecule has 98 valence electrons. The van der Waals surface area contributed by atoms with Crippen molar-refractivity contribution in [1.82, 2.24) is 0 Å². The van der Waals surface area contributed by atoms with Crippen LogP contribution >= 0.6 is 0 Å². The van der Waals surface area contributed by atoms with Crippen molar-refractivity contribution >= 4 is 11.8 Å². The Morgan fingerprint density at radius 3 is 2.72 bits per heavy atom. The minimum absolute atomic E-state index is 0.0642. The largest absolute Gasteiger partial charge is 0.469 e. The molecule has 0 amide bonds. The van der Waals surface area contributed by atoms with Crippen molar-refractivity contribution in [1.29, 1.82) is 0 Å². The zero-order chi connectivity index (χ0) is 13.0. The summed E-state index contributed by atoms with van der Waals surface area (Å²) in [4.78, 5) is 24.5. The lowest BCUT2D eigenvalue weighted by Crippen LogP contribution is -2.64. The molecule has 3 aliphatic rings. The van der Waals surface area contributed by atoms with Crippen molar-refractivity contribution in [2.75, 3.05) is 7.11 Å². The molecule has 3 nitrogen and oxygen atoms in total. The maximum Gasteiger partial charge on any atom is 0.312 e. The molecule has 0 aromatic carbocycles. The Hall–Kier alpha value is -1.12. The Labute approximate surface area is 108 Å². The standard InChI is InChI=1S/C15H20O3/c1-10-9-15-7-4-3-6-14(15,13(17)18-2)8-5-11(16)12(10)15/h12H,1,3-9H2,2H3/t12-,14+,15-/m1/s1. The smallest absolute Gasteiger partial charge is 0.312 e. The second kappa shape index (κ2) is 3.69. The molecule has 0 aromatic heterocycles. The van der Waals surface area contributed by atoms with E-state index < -0.39 is 5.41 Å². The van der Waals surface area contributed by atoms with Gasteiger partial charge in [0.2, 0.25) is 0 Å². The maximum atomic E-state index is 12.4. The number of carbonyl (C=O) groups is 2. The molecule has 3 atom stereocenters. The summed E-state index contributed by atoms with van der Waals surface area (Å²) in [6.07, 6.45) is 6.11. The zero-order valence-corrected chi connectivity index (χ0v) is 11.0. The Morgan fingerprint density at radius 1 is 1.33 bits per heavy atom. The van der Waals surface area contributed by atoms with Gasteiger partial charge in [0.15, 0.2) is 0 Å². The Balaban J connectivity index is 2.08. The van der Waals surface area contributed by atoms with Gasteiger partial charge in [-0.05, 0) is 25.7 Å². The minimum atomic E-state index is -0.403. The number of hydrogen-bond acceptors (Lipinski definition) is 3. The maximum absolute atomic E-state index is 12.4. The SMILES string of the molecule is C=C1C[C@@]23CCCC[C@@]2(C(=O)OC)CCC(=O)[C@@H]13. The van der Waals surface area contributed by atoms with Crippen LogP contribution < -0.4 is 0 Å². The lowest BCUT2D eigenvalue weighted by molar-refractivity contribution is -0.189. The molecule has 3 fully saturated rings. The molecule has 0 heterocycles. The monoisotopic (exact) mass is 248 g/mol. The molecule has 0 aromatic rings. The van der Waals surface area contributed by atoms with Gasteiger partial charge in [-0.1, -0.05) is 25.0 Å². The number of carbonyl (C=O) groups excluding carboxylic acids is 2. The number of ketones is 1. The topological polar surface area (TPSA) is 43.4 Å². The van der Waals surface area contributed by atoms with Gasteiger partial charge in [-0.15, -0.1) is 0 Å². The van der Waals surface area contributed by atoms with Gasteiger partial charge in [-0.2, -0.15) is 0 Å². The van der Waals surface area contributed by atoms with Crippen LogP contribution in [0.3, 0.4) is 0 Å². The number of ether oxygens (including phenoxy) is 1. The zero-order valence-electron chi connectivity index (χ0n) is 11.0. The van der Waals surface area contributed by atoms with Crippen LogP contribution in [-0.4, -0.2) is 18.9 Å². The van der Waals surface area contributed by atoms with Gasteiger partial charge in [0.1, 0.15) is 5.78 Å². The number of allylic oxidation sites excluding steroid dienone is 1. The van der Waals surface area contributed by atoms with E-state index in [2.05, 4.69) is 6.58 Å². The van der Waals surface area contributed by atoms with Crippen molar-refractivity contribution in [3.8, 4) is 0 Å². The average Bonchev–Trinajstić information content (AvgIpc) is 2.35. The highest BCUT2D eigenvalue weighted by molar-refractivity contribution is 5.92. The fourth-order valence-electron chi connectivity index (χ4n) is 4.90. The van der Waals surface area contributed by atoms with Gasteiger partial charge in [-0.3, -0.25) is 9.59 Å². The number of methoxy groups -OCH3 is 1. The summed E-state index contributed by atoms with van der Waals surface area (Å²) < 4.78 is 5.09. The molecule has 3 saturated carbocycles. The fraction of sp³-hybridized carbons (Fsp3) is 0.733. The highest BCUT2D eigenvalue weighted by atomic mass is 16.5. The first-order valence-corrected chi connectivity index (χ1v) is 6.86.